The van der Waals surface area contributed by atoms with E-state index in [1.807, 2.05) is 56.3 Å². The number of hydrogen-bond donors (Lipinski definition) is 1. The summed E-state index contributed by atoms with van der Waals surface area (Å²) in [6.07, 6.45) is -0.769. The van der Waals surface area contributed by atoms with Crippen LogP contribution in [-0.2, 0) is 13.6 Å². The molecule has 2 aromatic carbocycles. The number of hydrogen-bond acceptors (Lipinski definition) is 3. The number of ether oxygens (including phenoxy) is 1. The maximum absolute atomic E-state index is 12.4. The van der Waals surface area contributed by atoms with Crippen molar-refractivity contribution >= 4 is 11.0 Å². The average molecular weight is 326 g/mol. The number of aromatic nitrogens is 2. The highest BCUT2D eigenvalue weighted by Gasteiger charge is 2.14. The summed E-state index contributed by atoms with van der Waals surface area (Å²) < 4.78 is 8.89. The van der Waals surface area contributed by atoms with Gasteiger partial charge in [0.1, 0.15) is 18.5 Å². The predicted molar refractivity (Wildman–Crippen MR) is 94.6 cm³/mol. The molecular formula is C19H22N2O3. The largest absolute Gasteiger partial charge is 0.491 e. The second-order valence-electron chi connectivity index (χ2n) is 6.17. The monoisotopic (exact) mass is 326 g/mol. The van der Waals surface area contributed by atoms with Gasteiger partial charge in [0.2, 0.25) is 0 Å². The first-order chi connectivity index (χ1) is 11.5. The molecule has 24 heavy (non-hydrogen) atoms. The molecule has 1 aromatic heterocycles. The topological polar surface area (TPSA) is 56.4 Å². The minimum absolute atomic E-state index is 0.137. The summed E-state index contributed by atoms with van der Waals surface area (Å²) in [6, 6.07) is 13.5. The normalized spacial score (nSPS) is 12.5. The number of aryl methyl sites for hydroxylation is 3. The Morgan fingerprint density at radius 3 is 2.54 bits per heavy atom. The van der Waals surface area contributed by atoms with Gasteiger partial charge in [-0.2, -0.15) is 0 Å². The summed E-state index contributed by atoms with van der Waals surface area (Å²) in [6.45, 7) is 4.34. The fraction of sp³-hybridized carbons (Fsp3) is 0.316. The second kappa shape index (κ2) is 6.53. The molecule has 126 valence electrons. The van der Waals surface area contributed by atoms with Crippen LogP contribution < -0.4 is 10.4 Å². The molecule has 0 bridgehead atoms. The van der Waals surface area contributed by atoms with Crippen molar-refractivity contribution in [3.8, 4) is 5.75 Å². The van der Waals surface area contributed by atoms with Gasteiger partial charge < -0.3 is 9.84 Å². The lowest BCUT2D eigenvalue weighted by atomic mass is 10.1. The Kier molecular flexibility index (Phi) is 4.44. The van der Waals surface area contributed by atoms with Gasteiger partial charge in [0.25, 0.3) is 0 Å². The van der Waals surface area contributed by atoms with Crippen molar-refractivity contribution in [3.63, 3.8) is 0 Å². The highest BCUT2D eigenvalue weighted by atomic mass is 16.5. The molecular weight excluding hydrogens is 304 g/mol. The Morgan fingerprint density at radius 1 is 1.12 bits per heavy atom. The SMILES string of the molecule is Cc1ccc(OC[C@H](O)Cn2c(=O)n(C)c3ccccc32)c(C)c1. The van der Waals surface area contributed by atoms with Gasteiger partial charge in [0, 0.05) is 7.05 Å². The van der Waals surface area contributed by atoms with Crippen molar-refractivity contribution in [2.75, 3.05) is 6.61 Å². The zero-order chi connectivity index (χ0) is 17.3. The minimum atomic E-state index is -0.769. The van der Waals surface area contributed by atoms with Crippen LogP contribution >= 0.6 is 0 Å². The van der Waals surface area contributed by atoms with E-state index in [0.29, 0.717) is 0 Å². The van der Waals surface area contributed by atoms with E-state index >= 15 is 0 Å². The molecule has 0 aliphatic carbocycles. The van der Waals surface area contributed by atoms with Crippen LogP contribution in [0.3, 0.4) is 0 Å². The Labute approximate surface area is 140 Å². The molecule has 0 fully saturated rings. The van der Waals surface area contributed by atoms with E-state index in [1.165, 1.54) is 5.56 Å². The van der Waals surface area contributed by atoms with Crippen LogP contribution in [0, 0.1) is 13.8 Å². The third-order valence-corrected chi connectivity index (χ3v) is 4.21. The summed E-state index contributed by atoms with van der Waals surface area (Å²) in [5.41, 5.74) is 3.73. The van der Waals surface area contributed by atoms with Crippen molar-refractivity contribution < 1.29 is 9.84 Å². The van der Waals surface area contributed by atoms with Crippen LogP contribution in [0.1, 0.15) is 11.1 Å². The fourth-order valence-corrected chi connectivity index (χ4v) is 2.95. The van der Waals surface area contributed by atoms with Gasteiger partial charge in [0.15, 0.2) is 0 Å². The van der Waals surface area contributed by atoms with Crippen LogP contribution in [0.5, 0.6) is 5.75 Å². The summed E-state index contributed by atoms with van der Waals surface area (Å²) in [5.74, 6) is 0.755. The van der Waals surface area contributed by atoms with Gasteiger partial charge in [-0.1, -0.05) is 29.8 Å². The molecule has 1 N–H and O–H groups in total. The standard InChI is InChI=1S/C19H22N2O3/c1-13-8-9-18(14(2)10-13)24-12-15(22)11-21-17-7-5-4-6-16(17)20(3)19(21)23/h4-10,15,22H,11-12H2,1-3H3/t15-/m1/s1. The zero-order valence-corrected chi connectivity index (χ0v) is 14.2. The van der Waals surface area contributed by atoms with Crippen molar-refractivity contribution in [1.29, 1.82) is 0 Å². The molecule has 3 aromatic rings. The highest BCUT2D eigenvalue weighted by molar-refractivity contribution is 5.75. The second-order valence-corrected chi connectivity index (χ2v) is 6.17. The van der Waals surface area contributed by atoms with Gasteiger partial charge in [-0.05, 0) is 37.6 Å². The predicted octanol–water partition coefficient (Wildman–Crippen LogP) is 2.40. The lowest BCUT2D eigenvalue weighted by Crippen LogP contribution is -2.30. The van der Waals surface area contributed by atoms with E-state index in [2.05, 4.69) is 0 Å². The number of para-hydroxylation sites is 2. The summed E-state index contributed by atoms with van der Waals surface area (Å²) in [5, 5.41) is 10.3. The Morgan fingerprint density at radius 2 is 1.83 bits per heavy atom. The first-order valence-corrected chi connectivity index (χ1v) is 7.99. The van der Waals surface area contributed by atoms with Gasteiger partial charge in [-0.25, -0.2) is 4.79 Å². The number of aliphatic hydroxyl groups excluding tert-OH is 1. The van der Waals surface area contributed by atoms with E-state index in [9.17, 15) is 9.90 Å². The molecule has 1 atom stereocenters. The molecule has 0 radical (unpaired) electrons. The van der Waals surface area contributed by atoms with Crippen molar-refractivity contribution in [2.24, 2.45) is 7.05 Å². The molecule has 0 unspecified atom stereocenters. The first kappa shape index (κ1) is 16.3. The van der Waals surface area contributed by atoms with E-state index < -0.39 is 6.10 Å². The lowest BCUT2D eigenvalue weighted by molar-refractivity contribution is 0.0922. The molecule has 0 amide bonds. The molecule has 0 saturated carbocycles. The number of benzene rings is 2. The van der Waals surface area contributed by atoms with E-state index in [0.717, 1.165) is 22.3 Å². The molecule has 0 aliphatic heterocycles. The van der Waals surface area contributed by atoms with Gasteiger partial charge in [-0.3, -0.25) is 9.13 Å². The van der Waals surface area contributed by atoms with E-state index in [-0.39, 0.29) is 18.8 Å². The molecule has 1 heterocycles. The summed E-state index contributed by atoms with van der Waals surface area (Å²) >= 11 is 0. The maximum atomic E-state index is 12.4. The van der Waals surface area contributed by atoms with Crippen molar-refractivity contribution in [3.05, 3.63) is 64.1 Å². The van der Waals surface area contributed by atoms with E-state index in [4.69, 9.17) is 4.74 Å². The third kappa shape index (κ3) is 3.08. The zero-order valence-electron chi connectivity index (χ0n) is 14.2. The van der Waals surface area contributed by atoms with Crippen molar-refractivity contribution in [1.82, 2.24) is 9.13 Å². The van der Waals surface area contributed by atoms with Crippen LogP contribution in [0.4, 0.5) is 0 Å². The third-order valence-electron chi connectivity index (χ3n) is 4.21. The molecule has 0 aliphatic rings. The Bertz CT molecular complexity index is 924. The van der Waals surface area contributed by atoms with Gasteiger partial charge >= 0.3 is 5.69 Å². The Hall–Kier alpha value is -2.53. The number of nitrogens with zero attached hydrogens (tertiary/aromatic N) is 2. The van der Waals surface area contributed by atoms with Crippen LogP contribution in [0.25, 0.3) is 11.0 Å². The molecule has 5 heteroatoms. The number of rotatable bonds is 5. The van der Waals surface area contributed by atoms with Crippen LogP contribution in [-0.4, -0.2) is 27.0 Å². The van der Waals surface area contributed by atoms with Crippen LogP contribution in [0.15, 0.2) is 47.3 Å². The quantitative estimate of drug-likeness (QED) is 0.783. The lowest BCUT2D eigenvalue weighted by Gasteiger charge is -2.15. The van der Waals surface area contributed by atoms with Crippen molar-refractivity contribution in [2.45, 2.75) is 26.5 Å². The smallest absolute Gasteiger partial charge is 0.328 e. The van der Waals surface area contributed by atoms with Gasteiger partial charge in [0.05, 0.1) is 17.6 Å². The number of fused-ring (bicyclic) bond motifs is 1. The maximum Gasteiger partial charge on any atom is 0.328 e. The summed E-state index contributed by atoms with van der Waals surface area (Å²) in [4.78, 5) is 12.4. The average Bonchev–Trinajstić information content (AvgIpc) is 2.79. The Balaban J connectivity index is 1.75. The fourth-order valence-electron chi connectivity index (χ4n) is 2.95. The highest BCUT2D eigenvalue weighted by Crippen LogP contribution is 2.19. The van der Waals surface area contributed by atoms with Crippen LogP contribution in [0.2, 0.25) is 0 Å². The molecule has 5 nitrogen and oxygen atoms in total. The molecule has 3 rings (SSSR count). The summed E-state index contributed by atoms with van der Waals surface area (Å²) in [7, 11) is 1.74. The van der Waals surface area contributed by atoms with Gasteiger partial charge in [-0.15, -0.1) is 0 Å². The first-order valence-electron chi connectivity index (χ1n) is 7.99. The number of aliphatic hydroxyl groups is 1. The molecule has 0 saturated heterocycles. The molecule has 0 spiro atoms. The number of imidazole rings is 1. The van der Waals surface area contributed by atoms with E-state index in [1.54, 1.807) is 16.2 Å². The minimum Gasteiger partial charge on any atom is -0.491 e.